The third-order valence-corrected chi connectivity index (χ3v) is 3.18. The molecular formula is C17H12ClN. The van der Waals surface area contributed by atoms with Gasteiger partial charge in [0.1, 0.15) is 0 Å². The molecule has 3 aromatic rings. The van der Waals surface area contributed by atoms with E-state index in [1.165, 1.54) is 0 Å². The Morgan fingerprint density at radius 1 is 0.684 bits per heavy atom. The van der Waals surface area contributed by atoms with Crippen LogP contribution >= 0.6 is 11.6 Å². The fourth-order valence-electron chi connectivity index (χ4n) is 2.07. The van der Waals surface area contributed by atoms with Crippen LogP contribution in [0.3, 0.4) is 0 Å². The molecule has 0 radical (unpaired) electrons. The van der Waals surface area contributed by atoms with E-state index in [-0.39, 0.29) is 0 Å². The van der Waals surface area contributed by atoms with Crippen molar-refractivity contribution in [2.75, 3.05) is 0 Å². The summed E-state index contributed by atoms with van der Waals surface area (Å²) in [7, 11) is 0. The van der Waals surface area contributed by atoms with Crippen molar-refractivity contribution < 1.29 is 0 Å². The molecule has 19 heavy (non-hydrogen) atoms. The summed E-state index contributed by atoms with van der Waals surface area (Å²) in [6.45, 7) is 0. The van der Waals surface area contributed by atoms with Crippen molar-refractivity contribution in [3.63, 3.8) is 0 Å². The van der Waals surface area contributed by atoms with Gasteiger partial charge in [0, 0.05) is 16.8 Å². The van der Waals surface area contributed by atoms with Crippen molar-refractivity contribution in [2.45, 2.75) is 0 Å². The molecule has 0 amide bonds. The monoisotopic (exact) mass is 265 g/mol. The van der Waals surface area contributed by atoms with Gasteiger partial charge in [-0.3, -0.25) is 4.98 Å². The lowest BCUT2D eigenvalue weighted by Gasteiger charge is -2.06. The van der Waals surface area contributed by atoms with E-state index >= 15 is 0 Å². The first-order valence-electron chi connectivity index (χ1n) is 6.10. The van der Waals surface area contributed by atoms with E-state index in [0.29, 0.717) is 0 Å². The second kappa shape index (κ2) is 5.25. The highest BCUT2D eigenvalue weighted by Crippen LogP contribution is 2.29. The van der Waals surface area contributed by atoms with Gasteiger partial charge < -0.3 is 0 Å². The van der Waals surface area contributed by atoms with Gasteiger partial charge in [-0.2, -0.15) is 0 Å². The second-order valence-electron chi connectivity index (χ2n) is 4.31. The molecule has 2 heteroatoms. The Morgan fingerprint density at radius 2 is 1.42 bits per heavy atom. The highest BCUT2D eigenvalue weighted by atomic mass is 35.5. The molecule has 0 N–H and O–H groups in total. The molecule has 2 aromatic carbocycles. The molecule has 0 aliphatic rings. The molecule has 0 aliphatic carbocycles. The molecule has 1 nitrogen and oxygen atoms in total. The summed E-state index contributed by atoms with van der Waals surface area (Å²) in [5.41, 5.74) is 4.23. The summed E-state index contributed by atoms with van der Waals surface area (Å²) in [5.74, 6) is 0. The van der Waals surface area contributed by atoms with Crippen molar-refractivity contribution in [3.8, 4) is 22.4 Å². The number of halogens is 1. The lowest BCUT2D eigenvalue weighted by molar-refractivity contribution is 1.33. The van der Waals surface area contributed by atoms with Crippen molar-refractivity contribution in [1.82, 2.24) is 4.98 Å². The Morgan fingerprint density at radius 3 is 2.16 bits per heavy atom. The summed E-state index contributed by atoms with van der Waals surface area (Å²) in [5, 5.41) is 0.724. The standard InChI is InChI=1S/C17H12ClN/c18-16-11-14(13-6-2-1-3-7-13)10-15(12-16)17-8-4-5-9-19-17/h1-12H. The van der Waals surface area contributed by atoms with Crippen LogP contribution in [0.4, 0.5) is 0 Å². The molecule has 0 unspecified atom stereocenters. The van der Waals surface area contributed by atoms with Crippen molar-refractivity contribution in [1.29, 1.82) is 0 Å². The third-order valence-electron chi connectivity index (χ3n) is 2.97. The van der Waals surface area contributed by atoms with Crippen LogP contribution in [0.15, 0.2) is 72.9 Å². The molecule has 0 atom stereocenters. The van der Waals surface area contributed by atoms with E-state index < -0.39 is 0 Å². The predicted molar refractivity (Wildman–Crippen MR) is 80.1 cm³/mol. The summed E-state index contributed by atoms with van der Waals surface area (Å²) < 4.78 is 0. The van der Waals surface area contributed by atoms with Crippen LogP contribution in [-0.4, -0.2) is 4.98 Å². The number of hydrogen-bond acceptors (Lipinski definition) is 1. The Kier molecular flexibility index (Phi) is 3.30. The maximum absolute atomic E-state index is 6.22. The third kappa shape index (κ3) is 2.67. The maximum atomic E-state index is 6.22. The Balaban J connectivity index is 2.12. The Bertz CT molecular complexity index is 620. The quantitative estimate of drug-likeness (QED) is 0.630. The van der Waals surface area contributed by atoms with Crippen LogP contribution in [0.1, 0.15) is 0 Å². The van der Waals surface area contributed by atoms with E-state index in [2.05, 4.69) is 23.2 Å². The maximum Gasteiger partial charge on any atom is 0.0702 e. The minimum absolute atomic E-state index is 0.724. The first kappa shape index (κ1) is 11.9. The fourth-order valence-corrected chi connectivity index (χ4v) is 2.30. The first-order valence-corrected chi connectivity index (χ1v) is 6.48. The summed E-state index contributed by atoms with van der Waals surface area (Å²) in [4.78, 5) is 4.37. The molecule has 1 aromatic heterocycles. The zero-order valence-electron chi connectivity index (χ0n) is 10.3. The van der Waals surface area contributed by atoms with Crippen LogP contribution in [-0.2, 0) is 0 Å². The van der Waals surface area contributed by atoms with Gasteiger partial charge in [-0.1, -0.05) is 48.0 Å². The second-order valence-corrected chi connectivity index (χ2v) is 4.75. The van der Waals surface area contributed by atoms with Crippen LogP contribution < -0.4 is 0 Å². The zero-order chi connectivity index (χ0) is 13.1. The molecule has 0 saturated carbocycles. The Labute approximate surface area is 117 Å². The number of pyridine rings is 1. The zero-order valence-corrected chi connectivity index (χ0v) is 11.0. The largest absolute Gasteiger partial charge is 0.256 e. The van der Waals surface area contributed by atoms with Crippen molar-refractivity contribution in [3.05, 3.63) is 77.9 Å². The lowest BCUT2D eigenvalue weighted by Crippen LogP contribution is -1.84. The van der Waals surface area contributed by atoms with Crippen molar-refractivity contribution in [2.24, 2.45) is 0 Å². The Hall–Kier alpha value is -2.12. The molecule has 0 aliphatic heterocycles. The number of aromatic nitrogens is 1. The number of hydrogen-bond donors (Lipinski definition) is 0. The van der Waals surface area contributed by atoms with Gasteiger partial charge in [-0.05, 0) is 41.5 Å². The molecule has 1 heterocycles. The van der Waals surface area contributed by atoms with Gasteiger partial charge in [-0.15, -0.1) is 0 Å². The van der Waals surface area contributed by atoms with E-state index in [4.69, 9.17) is 11.6 Å². The molecule has 0 spiro atoms. The minimum Gasteiger partial charge on any atom is -0.256 e. The fraction of sp³-hybridized carbons (Fsp3) is 0. The normalized spacial score (nSPS) is 10.4. The highest BCUT2D eigenvalue weighted by molar-refractivity contribution is 6.31. The highest BCUT2D eigenvalue weighted by Gasteiger charge is 2.04. The molecule has 3 rings (SSSR count). The summed E-state index contributed by atoms with van der Waals surface area (Å²) in [6.07, 6.45) is 1.79. The topological polar surface area (TPSA) is 12.9 Å². The number of nitrogens with zero attached hydrogens (tertiary/aromatic N) is 1. The van der Waals surface area contributed by atoms with Gasteiger partial charge in [-0.25, -0.2) is 0 Å². The molecule has 0 bridgehead atoms. The van der Waals surface area contributed by atoms with Crippen LogP contribution in [0, 0.1) is 0 Å². The van der Waals surface area contributed by atoms with Crippen LogP contribution in [0.2, 0.25) is 5.02 Å². The van der Waals surface area contributed by atoms with Crippen LogP contribution in [0.25, 0.3) is 22.4 Å². The van der Waals surface area contributed by atoms with Crippen molar-refractivity contribution >= 4 is 11.6 Å². The van der Waals surface area contributed by atoms with Gasteiger partial charge in [0.2, 0.25) is 0 Å². The smallest absolute Gasteiger partial charge is 0.0702 e. The van der Waals surface area contributed by atoms with Gasteiger partial charge in [0.15, 0.2) is 0 Å². The molecule has 0 saturated heterocycles. The summed E-state index contributed by atoms with van der Waals surface area (Å²) in [6, 6.07) is 22.1. The average Bonchev–Trinajstić information content (AvgIpc) is 2.48. The van der Waals surface area contributed by atoms with Gasteiger partial charge in [0.05, 0.1) is 5.69 Å². The number of rotatable bonds is 2. The SMILES string of the molecule is Clc1cc(-c2ccccc2)cc(-c2ccccn2)c1. The first-order chi connectivity index (χ1) is 9.33. The van der Waals surface area contributed by atoms with E-state index in [1.807, 2.05) is 48.5 Å². The van der Waals surface area contributed by atoms with Gasteiger partial charge >= 0.3 is 0 Å². The van der Waals surface area contributed by atoms with Gasteiger partial charge in [0.25, 0.3) is 0 Å². The minimum atomic E-state index is 0.724. The molecular weight excluding hydrogens is 254 g/mol. The van der Waals surface area contributed by atoms with Crippen LogP contribution in [0.5, 0.6) is 0 Å². The van der Waals surface area contributed by atoms with E-state index in [1.54, 1.807) is 6.20 Å². The summed E-state index contributed by atoms with van der Waals surface area (Å²) >= 11 is 6.22. The molecule has 92 valence electrons. The van der Waals surface area contributed by atoms with E-state index in [9.17, 15) is 0 Å². The van der Waals surface area contributed by atoms with E-state index in [0.717, 1.165) is 27.4 Å². The average molecular weight is 266 g/mol. The predicted octanol–water partition coefficient (Wildman–Crippen LogP) is 5.07. The molecule has 0 fully saturated rings. The number of benzene rings is 2. The lowest BCUT2D eigenvalue weighted by atomic mass is 10.0.